The van der Waals surface area contributed by atoms with Crippen molar-refractivity contribution < 1.29 is 23.0 Å². The number of ether oxygens (including phenoxy) is 2. The minimum absolute atomic E-state index is 0.0528. The van der Waals surface area contributed by atoms with Crippen LogP contribution < -0.4 is 9.47 Å². The van der Waals surface area contributed by atoms with E-state index in [-0.39, 0.29) is 24.0 Å². The third-order valence-corrected chi connectivity index (χ3v) is 4.94. The summed E-state index contributed by atoms with van der Waals surface area (Å²) in [7, 11) is 3.05. The van der Waals surface area contributed by atoms with Crippen LogP contribution in [0.5, 0.6) is 11.5 Å². The molecule has 4 nitrogen and oxygen atoms in total. The van der Waals surface area contributed by atoms with Crippen molar-refractivity contribution in [3.63, 3.8) is 0 Å². The van der Waals surface area contributed by atoms with Gasteiger partial charge < -0.3 is 14.4 Å². The number of thioether (sulfide) groups is 1. The second-order valence-electron chi connectivity index (χ2n) is 5.73. The van der Waals surface area contributed by atoms with E-state index in [4.69, 9.17) is 16.3 Å². The molecular formula is C19H20ClF2NO3S. The molecule has 0 aliphatic heterocycles. The molecule has 2 rings (SSSR count). The van der Waals surface area contributed by atoms with Gasteiger partial charge in [0.05, 0.1) is 12.9 Å². The molecule has 1 amide bonds. The first kappa shape index (κ1) is 21.3. The Morgan fingerprint density at radius 1 is 1.15 bits per heavy atom. The lowest BCUT2D eigenvalue weighted by Crippen LogP contribution is -2.27. The van der Waals surface area contributed by atoms with Gasteiger partial charge in [-0.3, -0.25) is 4.79 Å². The molecule has 0 aliphatic rings. The molecule has 27 heavy (non-hydrogen) atoms. The van der Waals surface area contributed by atoms with Crippen molar-refractivity contribution >= 4 is 29.3 Å². The highest BCUT2D eigenvalue weighted by atomic mass is 35.5. The first-order valence-corrected chi connectivity index (χ1v) is 9.60. The molecule has 0 atom stereocenters. The summed E-state index contributed by atoms with van der Waals surface area (Å²) in [5.41, 5.74) is 1.76. The maximum absolute atomic E-state index is 12.5. The van der Waals surface area contributed by atoms with Crippen molar-refractivity contribution in [1.82, 2.24) is 4.90 Å². The highest BCUT2D eigenvalue weighted by Crippen LogP contribution is 2.30. The lowest BCUT2D eigenvalue weighted by atomic mass is 10.2. The molecule has 0 N–H and O–H groups in total. The lowest BCUT2D eigenvalue weighted by Gasteiger charge is -2.18. The molecule has 0 radical (unpaired) electrons. The number of carbonyl (C=O) groups is 1. The zero-order chi connectivity index (χ0) is 19.8. The Bertz CT molecular complexity index is 759. The van der Waals surface area contributed by atoms with Gasteiger partial charge in [-0.2, -0.15) is 8.78 Å². The zero-order valence-electron chi connectivity index (χ0n) is 15.0. The summed E-state index contributed by atoms with van der Waals surface area (Å²) >= 11 is 7.35. The average Bonchev–Trinajstić information content (AvgIpc) is 2.63. The number of methoxy groups -OCH3 is 1. The molecule has 0 spiro atoms. The Morgan fingerprint density at radius 2 is 1.81 bits per heavy atom. The molecule has 0 saturated carbocycles. The third kappa shape index (κ3) is 6.92. The number of alkyl halides is 2. The van der Waals surface area contributed by atoms with Gasteiger partial charge in [0.25, 0.3) is 0 Å². The molecule has 0 saturated heterocycles. The van der Waals surface area contributed by atoms with Gasteiger partial charge in [0.2, 0.25) is 5.91 Å². The lowest BCUT2D eigenvalue weighted by molar-refractivity contribution is -0.127. The Hall–Kier alpha value is -1.99. The van der Waals surface area contributed by atoms with E-state index in [1.807, 2.05) is 24.3 Å². The van der Waals surface area contributed by atoms with E-state index >= 15 is 0 Å². The van der Waals surface area contributed by atoms with Gasteiger partial charge in [0.15, 0.2) is 11.5 Å². The van der Waals surface area contributed by atoms with Crippen molar-refractivity contribution in [1.29, 1.82) is 0 Å². The van der Waals surface area contributed by atoms with Crippen LogP contribution in [0.4, 0.5) is 8.78 Å². The van der Waals surface area contributed by atoms with Crippen LogP contribution in [0.3, 0.4) is 0 Å². The van der Waals surface area contributed by atoms with Crippen LogP contribution in [-0.2, 0) is 17.1 Å². The number of carbonyl (C=O) groups excluding carboxylic acids is 1. The number of amides is 1. The van der Waals surface area contributed by atoms with Crippen molar-refractivity contribution in [3.05, 3.63) is 58.6 Å². The average molecular weight is 416 g/mol. The summed E-state index contributed by atoms with van der Waals surface area (Å²) in [6, 6.07) is 12.2. The van der Waals surface area contributed by atoms with Crippen LogP contribution in [-0.4, -0.2) is 37.3 Å². The van der Waals surface area contributed by atoms with Gasteiger partial charge in [-0.1, -0.05) is 29.8 Å². The van der Waals surface area contributed by atoms with Crippen LogP contribution in [0.1, 0.15) is 11.1 Å². The van der Waals surface area contributed by atoms with E-state index in [0.717, 1.165) is 5.56 Å². The molecule has 0 aromatic heterocycles. The summed E-state index contributed by atoms with van der Waals surface area (Å²) in [5, 5.41) is 0.675. The van der Waals surface area contributed by atoms with Crippen LogP contribution in [0.25, 0.3) is 0 Å². The zero-order valence-corrected chi connectivity index (χ0v) is 16.5. The molecule has 2 aromatic rings. The SMILES string of the molecule is COc1ccc(CN(C)C(=O)CSCc2ccc(Cl)cc2)cc1OC(F)F. The second kappa shape index (κ2) is 10.4. The van der Waals surface area contributed by atoms with Crippen LogP contribution in [0, 0.1) is 0 Å². The highest BCUT2D eigenvalue weighted by Gasteiger charge is 2.14. The van der Waals surface area contributed by atoms with Crippen LogP contribution >= 0.6 is 23.4 Å². The predicted octanol–water partition coefficient (Wildman–Crippen LogP) is 4.84. The van der Waals surface area contributed by atoms with Gasteiger partial charge in [-0.25, -0.2) is 0 Å². The quantitative estimate of drug-likeness (QED) is 0.587. The number of halogens is 3. The van der Waals surface area contributed by atoms with E-state index in [1.54, 1.807) is 24.1 Å². The Morgan fingerprint density at radius 3 is 2.44 bits per heavy atom. The largest absolute Gasteiger partial charge is 0.493 e. The normalized spacial score (nSPS) is 10.7. The monoisotopic (exact) mass is 415 g/mol. The predicted molar refractivity (Wildman–Crippen MR) is 104 cm³/mol. The summed E-state index contributed by atoms with van der Waals surface area (Å²) in [6.45, 7) is -2.66. The topological polar surface area (TPSA) is 38.8 Å². The second-order valence-corrected chi connectivity index (χ2v) is 7.15. The van der Waals surface area contributed by atoms with E-state index < -0.39 is 6.61 Å². The molecule has 2 aromatic carbocycles. The fraction of sp³-hybridized carbons (Fsp3) is 0.316. The molecule has 0 unspecified atom stereocenters. The van der Waals surface area contributed by atoms with Crippen molar-refractivity contribution in [2.24, 2.45) is 0 Å². The number of nitrogens with zero attached hydrogens (tertiary/aromatic N) is 1. The summed E-state index contributed by atoms with van der Waals surface area (Å²) < 4.78 is 34.5. The third-order valence-electron chi connectivity index (χ3n) is 3.70. The first-order chi connectivity index (χ1) is 12.9. The summed E-state index contributed by atoms with van der Waals surface area (Å²) in [6.07, 6.45) is 0. The molecule has 0 bridgehead atoms. The Labute approximate surface area is 166 Å². The molecule has 0 aliphatic carbocycles. The summed E-state index contributed by atoms with van der Waals surface area (Å²) in [5.74, 6) is 1.12. The van der Waals surface area contributed by atoms with Crippen LogP contribution in [0.2, 0.25) is 5.02 Å². The number of hydrogen-bond donors (Lipinski definition) is 0. The summed E-state index contributed by atoms with van der Waals surface area (Å²) in [4.78, 5) is 13.8. The fourth-order valence-corrected chi connectivity index (χ4v) is 3.37. The molecule has 146 valence electrons. The fourth-order valence-electron chi connectivity index (χ4n) is 2.32. The molecule has 0 heterocycles. The molecule has 8 heteroatoms. The Balaban J connectivity index is 1.88. The van der Waals surface area contributed by atoms with E-state index in [2.05, 4.69) is 4.74 Å². The van der Waals surface area contributed by atoms with Gasteiger partial charge in [-0.05, 0) is 35.4 Å². The van der Waals surface area contributed by atoms with E-state index in [0.29, 0.717) is 22.1 Å². The van der Waals surface area contributed by atoms with Gasteiger partial charge in [0.1, 0.15) is 0 Å². The first-order valence-electron chi connectivity index (χ1n) is 8.07. The molecule has 0 fully saturated rings. The van der Waals surface area contributed by atoms with Gasteiger partial charge >= 0.3 is 6.61 Å². The number of hydrogen-bond acceptors (Lipinski definition) is 4. The van der Waals surface area contributed by atoms with Crippen molar-refractivity contribution in [3.8, 4) is 11.5 Å². The smallest absolute Gasteiger partial charge is 0.387 e. The van der Waals surface area contributed by atoms with Gasteiger partial charge in [0, 0.05) is 24.4 Å². The van der Waals surface area contributed by atoms with Crippen molar-refractivity contribution in [2.45, 2.75) is 18.9 Å². The van der Waals surface area contributed by atoms with Gasteiger partial charge in [-0.15, -0.1) is 11.8 Å². The number of rotatable bonds is 9. The Kier molecular flexibility index (Phi) is 8.19. The highest BCUT2D eigenvalue weighted by molar-refractivity contribution is 7.99. The van der Waals surface area contributed by atoms with E-state index in [1.165, 1.54) is 24.9 Å². The minimum atomic E-state index is -2.95. The van der Waals surface area contributed by atoms with Crippen molar-refractivity contribution in [2.75, 3.05) is 19.9 Å². The maximum Gasteiger partial charge on any atom is 0.387 e. The number of benzene rings is 2. The standard InChI is InChI=1S/C19H20ClF2NO3S/c1-23(18(24)12-27-11-13-3-6-15(20)7-4-13)10-14-5-8-16(25-2)17(9-14)26-19(21)22/h3-9,19H,10-12H2,1-2H3. The van der Waals surface area contributed by atoms with E-state index in [9.17, 15) is 13.6 Å². The van der Waals surface area contributed by atoms with Crippen LogP contribution in [0.15, 0.2) is 42.5 Å². The minimum Gasteiger partial charge on any atom is -0.493 e. The molecular weight excluding hydrogens is 396 g/mol. The maximum atomic E-state index is 12.5.